The van der Waals surface area contributed by atoms with Gasteiger partial charge in [-0.3, -0.25) is 15.2 Å². The summed E-state index contributed by atoms with van der Waals surface area (Å²) in [5.74, 6) is 0.840. The number of aromatic nitrogens is 3. The normalized spacial score (nSPS) is 15.4. The Bertz CT molecular complexity index is 989. The molecule has 1 aliphatic rings. The smallest absolute Gasteiger partial charge is 0.270 e. The van der Waals surface area contributed by atoms with E-state index >= 15 is 0 Å². The number of H-pyrrole nitrogens is 1. The highest BCUT2D eigenvalue weighted by Gasteiger charge is 2.16. The van der Waals surface area contributed by atoms with Gasteiger partial charge in [0.25, 0.3) is 5.69 Å². The van der Waals surface area contributed by atoms with Crippen molar-refractivity contribution < 1.29 is 4.92 Å². The molecule has 1 fully saturated rings. The van der Waals surface area contributed by atoms with E-state index in [-0.39, 0.29) is 10.6 Å². The fourth-order valence-electron chi connectivity index (χ4n) is 3.58. The molecule has 0 aliphatic heterocycles. The molecule has 7 heteroatoms. The molecule has 2 N–H and O–H groups in total. The van der Waals surface area contributed by atoms with Gasteiger partial charge in [-0.05, 0) is 30.5 Å². The number of nitro benzene ring substituents is 1. The fraction of sp³-hybridized carbons (Fsp3) is 0.300. The molecule has 0 atom stereocenters. The summed E-state index contributed by atoms with van der Waals surface area (Å²) in [6, 6.07) is 8.87. The van der Waals surface area contributed by atoms with Crippen LogP contribution < -0.4 is 5.32 Å². The minimum Gasteiger partial charge on any atom is -0.367 e. The lowest BCUT2D eigenvalue weighted by Gasteiger charge is -2.23. The molecular formula is C20H21N5O2. The lowest BCUT2D eigenvalue weighted by Crippen LogP contribution is -2.22. The van der Waals surface area contributed by atoms with Crippen LogP contribution in [0.4, 0.5) is 11.5 Å². The maximum absolute atomic E-state index is 10.9. The lowest BCUT2D eigenvalue weighted by molar-refractivity contribution is -0.384. The van der Waals surface area contributed by atoms with Crippen LogP contribution >= 0.6 is 0 Å². The first-order valence-corrected chi connectivity index (χ1v) is 9.23. The van der Waals surface area contributed by atoms with Gasteiger partial charge in [0.1, 0.15) is 5.82 Å². The summed E-state index contributed by atoms with van der Waals surface area (Å²) in [6.07, 6.45) is 11.6. The number of anilines is 1. The monoisotopic (exact) mass is 363 g/mol. The van der Waals surface area contributed by atoms with Gasteiger partial charge in [0.05, 0.1) is 21.5 Å². The van der Waals surface area contributed by atoms with E-state index in [1.807, 2.05) is 24.3 Å². The Morgan fingerprint density at radius 2 is 2.04 bits per heavy atom. The molecule has 27 heavy (non-hydrogen) atoms. The van der Waals surface area contributed by atoms with Crippen LogP contribution in [0.1, 0.15) is 43.4 Å². The molecule has 0 bridgehead atoms. The summed E-state index contributed by atoms with van der Waals surface area (Å²) >= 11 is 0. The molecule has 7 nitrogen and oxygen atoms in total. The number of hydrogen-bond donors (Lipinski definition) is 2. The van der Waals surface area contributed by atoms with E-state index in [2.05, 4.69) is 20.5 Å². The molecule has 0 saturated heterocycles. The summed E-state index contributed by atoms with van der Waals surface area (Å²) in [7, 11) is 0. The van der Waals surface area contributed by atoms with Gasteiger partial charge in [-0.25, -0.2) is 4.98 Å². The number of pyridine rings is 1. The van der Waals surface area contributed by atoms with Crippen LogP contribution in [0, 0.1) is 10.1 Å². The highest BCUT2D eigenvalue weighted by atomic mass is 16.6. The topological polar surface area (TPSA) is 96.7 Å². The first kappa shape index (κ1) is 17.2. The average Bonchev–Trinajstić information content (AvgIpc) is 3.12. The van der Waals surface area contributed by atoms with Crippen LogP contribution in [-0.2, 0) is 0 Å². The summed E-state index contributed by atoms with van der Waals surface area (Å²) in [5.41, 5.74) is 2.52. The van der Waals surface area contributed by atoms with Crippen molar-refractivity contribution in [3.8, 4) is 0 Å². The minimum absolute atomic E-state index is 0.0768. The highest BCUT2D eigenvalue weighted by Crippen LogP contribution is 2.28. The Morgan fingerprint density at radius 1 is 1.19 bits per heavy atom. The summed E-state index contributed by atoms with van der Waals surface area (Å²) in [5, 5.41) is 22.9. The third kappa shape index (κ3) is 3.81. The number of hydrogen-bond acceptors (Lipinski definition) is 5. The zero-order valence-electron chi connectivity index (χ0n) is 14.9. The second-order valence-corrected chi connectivity index (χ2v) is 6.86. The van der Waals surface area contributed by atoms with Crippen LogP contribution in [0.3, 0.4) is 0 Å². The van der Waals surface area contributed by atoms with Crippen molar-refractivity contribution >= 4 is 34.6 Å². The first-order chi connectivity index (χ1) is 13.2. The Labute approximate surface area is 156 Å². The molecule has 1 aliphatic carbocycles. The number of nitrogens with one attached hydrogen (secondary N) is 2. The Kier molecular flexibility index (Phi) is 4.82. The molecule has 3 aromatic rings. The standard InChI is InChI=1S/C20H21N5O2/c26-25(27)16-8-4-5-14(13-16)9-10-17-19-18(24-23-17)11-12-21-20(19)22-15-6-2-1-3-7-15/h4-5,8-13,15H,1-3,6-7H2,(H,21,22)(H,23,24). The number of nitro groups is 1. The molecule has 0 amide bonds. The number of non-ortho nitro benzene ring substituents is 1. The van der Waals surface area contributed by atoms with Gasteiger partial charge in [-0.1, -0.05) is 37.5 Å². The number of nitrogens with zero attached hydrogens (tertiary/aromatic N) is 3. The number of aromatic amines is 1. The molecule has 2 heterocycles. The Hall–Kier alpha value is -3.22. The SMILES string of the molecule is O=[N+]([O-])c1cccc(C=Cc2[nH]nc3ccnc(NC4CCCCC4)c23)c1. The molecule has 138 valence electrons. The molecular weight excluding hydrogens is 342 g/mol. The van der Waals surface area contributed by atoms with Gasteiger partial charge >= 0.3 is 0 Å². The maximum atomic E-state index is 10.9. The van der Waals surface area contributed by atoms with Crippen molar-refractivity contribution in [2.24, 2.45) is 0 Å². The summed E-state index contributed by atoms with van der Waals surface area (Å²) in [4.78, 5) is 15.1. The van der Waals surface area contributed by atoms with Crippen molar-refractivity contribution in [2.45, 2.75) is 38.1 Å². The van der Waals surface area contributed by atoms with E-state index in [1.165, 1.54) is 25.3 Å². The van der Waals surface area contributed by atoms with E-state index < -0.39 is 0 Å². The first-order valence-electron chi connectivity index (χ1n) is 9.23. The van der Waals surface area contributed by atoms with Gasteiger partial charge in [0.15, 0.2) is 0 Å². The lowest BCUT2D eigenvalue weighted by atomic mass is 9.95. The number of fused-ring (bicyclic) bond motifs is 1. The number of benzene rings is 1. The molecule has 0 radical (unpaired) electrons. The van der Waals surface area contributed by atoms with Gasteiger partial charge in [0, 0.05) is 24.4 Å². The van der Waals surface area contributed by atoms with E-state index in [9.17, 15) is 10.1 Å². The Balaban J connectivity index is 1.64. The van der Waals surface area contributed by atoms with Gasteiger partial charge < -0.3 is 5.32 Å². The molecule has 2 aromatic heterocycles. The van der Waals surface area contributed by atoms with Gasteiger partial charge in [-0.2, -0.15) is 5.10 Å². The van der Waals surface area contributed by atoms with Crippen LogP contribution in [0.2, 0.25) is 0 Å². The van der Waals surface area contributed by atoms with E-state index in [0.29, 0.717) is 6.04 Å². The largest absolute Gasteiger partial charge is 0.367 e. The van der Waals surface area contributed by atoms with Crippen molar-refractivity contribution in [2.75, 3.05) is 5.32 Å². The predicted molar refractivity (Wildman–Crippen MR) is 106 cm³/mol. The van der Waals surface area contributed by atoms with Crippen molar-refractivity contribution in [1.29, 1.82) is 0 Å². The van der Waals surface area contributed by atoms with Crippen molar-refractivity contribution in [1.82, 2.24) is 15.2 Å². The second kappa shape index (κ2) is 7.57. The van der Waals surface area contributed by atoms with Crippen LogP contribution in [0.15, 0.2) is 36.5 Å². The zero-order chi connectivity index (χ0) is 18.6. The minimum atomic E-state index is -0.390. The van der Waals surface area contributed by atoms with E-state index in [4.69, 9.17) is 0 Å². The number of rotatable bonds is 5. The van der Waals surface area contributed by atoms with Gasteiger partial charge in [0.2, 0.25) is 0 Å². The predicted octanol–water partition coefficient (Wildman–Crippen LogP) is 4.78. The van der Waals surface area contributed by atoms with Crippen LogP contribution in [0.25, 0.3) is 23.1 Å². The molecule has 0 spiro atoms. The van der Waals surface area contributed by atoms with Crippen molar-refractivity contribution in [3.05, 3.63) is 57.9 Å². The molecule has 0 unspecified atom stereocenters. The van der Waals surface area contributed by atoms with Crippen LogP contribution in [0.5, 0.6) is 0 Å². The third-order valence-electron chi connectivity index (χ3n) is 4.96. The quantitative estimate of drug-likeness (QED) is 0.502. The van der Waals surface area contributed by atoms with Crippen molar-refractivity contribution in [3.63, 3.8) is 0 Å². The average molecular weight is 363 g/mol. The highest BCUT2D eigenvalue weighted by molar-refractivity contribution is 5.97. The fourth-order valence-corrected chi connectivity index (χ4v) is 3.58. The maximum Gasteiger partial charge on any atom is 0.270 e. The van der Waals surface area contributed by atoms with Crippen LogP contribution in [-0.4, -0.2) is 26.1 Å². The van der Waals surface area contributed by atoms with E-state index in [1.54, 1.807) is 18.3 Å². The summed E-state index contributed by atoms with van der Waals surface area (Å²) < 4.78 is 0. The molecule has 4 rings (SSSR count). The third-order valence-corrected chi connectivity index (χ3v) is 4.96. The Morgan fingerprint density at radius 3 is 2.85 bits per heavy atom. The van der Waals surface area contributed by atoms with E-state index in [0.717, 1.165) is 40.8 Å². The zero-order valence-corrected chi connectivity index (χ0v) is 14.9. The molecule has 1 saturated carbocycles. The second-order valence-electron chi connectivity index (χ2n) is 6.86. The molecule has 1 aromatic carbocycles. The van der Waals surface area contributed by atoms with Gasteiger partial charge in [-0.15, -0.1) is 0 Å². The summed E-state index contributed by atoms with van der Waals surface area (Å²) in [6.45, 7) is 0.